The average molecular weight is 775 g/mol. The first kappa shape index (κ1) is 51.9. The van der Waals surface area contributed by atoms with E-state index in [2.05, 4.69) is 5.92 Å². The summed E-state index contributed by atoms with van der Waals surface area (Å²) in [5.74, 6) is 2.40. The van der Waals surface area contributed by atoms with E-state index in [1.807, 2.05) is 0 Å². The van der Waals surface area contributed by atoms with Gasteiger partial charge in [0.1, 0.15) is 6.61 Å². The number of rotatable bonds is 49. The minimum Gasteiger partial charge on any atom is -0.382 e. The van der Waals surface area contributed by atoms with Crippen LogP contribution >= 0.6 is 0 Å². The van der Waals surface area contributed by atoms with Crippen molar-refractivity contribution in [1.29, 1.82) is 0 Å². The molecule has 0 aromatic carbocycles. The number of terminal acetylenes is 1. The third-order valence-electron chi connectivity index (χ3n) is 6.20. The highest BCUT2D eigenvalue weighted by Gasteiger charge is 1.98. The van der Waals surface area contributed by atoms with Crippen LogP contribution in [0.1, 0.15) is 0 Å². The molecule has 0 saturated heterocycles. The summed E-state index contributed by atoms with van der Waals surface area (Å²) in [6.45, 7) is 16.7. The molecule has 0 unspecified atom stereocenters. The van der Waals surface area contributed by atoms with E-state index in [9.17, 15) is 0 Å². The molecule has 0 spiro atoms. The Hall–Kier alpha value is -1.12. The third-order valence-corrected chi connectivity index (χ3v) is 6.20. The molecule has 53 heavy (non-hydrogen) atoms. The van der Waals surface area contributed by atoms with Gasteiger partial charge in [0.25, 0.3) is 0 Å². The molecular formula is C36H70O17. The Kier molecular flexibility index (Phi) is 49.8. The highest BCUT2D eigenvalue weighted by molar-refractivity contribution is 4.82. The molecule has 0 aromatic heterocycles. The van der Waals surface area contributed by atoms with Crippen molar-refractivity contribution in [2.24, 2.45) is 0 Å². The van der Waals surface area contributed by atoms with E-state index in [0.29, 0.717) is 218 Å². The van der Waals surface area contributed by atoms with E-state index in [4.69, 9.17) is 87.0 Å². The van der Waals surface area contributed by atoms with Crippen LogP contribution in [0, 0.1) is 12.3 Å². The number of hydrogen-bond acceptors (Lipinski definition) is 17. The largest absolute Gasteiger partial charge is 0.382 e. The van der Waals surface area contributed by atoms with Crippen LogP contribution in [0.25, 0.3) is 0 Å². The summed E-state index contributed by atoms with van der Waals surface area (Å²) in [6.07, 6.45) is 5.08. The highest BCUT2D eigenvalue weighted by atomic mass is 16.6. The molecule has 0 amide bonds. The summed E-state index contributed by atoms with van der Waals surface area (Å²) in [7, 11) is 1.64. The lowest BCUT2D eigenvalue weighted by molar-refractivity contribution is -0.0305. The van der Waals surface area contributed by atoms with Crippen molar-refractivity contribution in [3.63, 3.8) is 0 Å². The third kappa shape index (κ3) is 50.9. The Morgan fingerprint density at radius 2 is 0.358 bits per heavy atom. The molecule has 0 saturated carbocycles. The van der Waals surface area contributed by atoms with Gasteiger partial charge in [0.05, 0.1) is 211 Å². The van der Waals surface area contributed by atoms with Crippen molar-refractivity contribution in [2.45, 2.75) is 0 Å². The lowest BCUT2D eigenvalue weighted by atomic mass is 10.6. The molecule has 0 aliphatic heterocycles. The van der Waals surface area contributed by atoms with Crippen LogP contribution in [0.4, 0.5) is 0 Å². The molecule has 0 aliphatic carbocycles. The second-order valence-corrected chi connectivity index (χ2v) is 10.4. The fourth-order valence-corrected chi connectivity index (χ4v) is 3.57. The topological polar surface area (TPSA) is 157 Å². The van der Waals surface area contributed by atoms with Crippen LogP contribution in [0.15, 0.2) is 0 Å². The molecule has 316 valence electrons. The van der Waals surface area contributed by atoms with Gasteiger partial charge in [-0.15, -0.1) is 6.42 Å². The second kappa shape index (κ2) is 50.9. The normalized spacial score (nSPS) is 11.5. The Balaban J connectivity index is 3.05. The molecule has 0 bridgehead atoms. The molecule has 17 heteroatoms. The SMILES string of the molecule is C#CCOCCOCCOCCOCCOCCOCCOCCOCCOCCOCCOCCOCCOCCOCCOCCOCCOC. The van der Waals surface area contributed by atoms with Crippen LogP contribution < -0.4 is 0 Å². The Labute approximate surface area is 317 Å². The van der Waals surface area contributed by atoms with Gasteiger partial charge in [-0.3, -0.25) is 0 Å². The number of methoxy groups -OCH3 is 1. The zero-order valence-corrected chi connectivity index (χ0v) is 32.4. The van der Waals surface area contributed by atoms with Crippen molar-refractivity contribution in [3.8, 4) is 12.3 Å². The first-order chi connectivity index (χ1) is 26.4. The van der Waals surface area contributed by atoms with Crippen LogP contribution in [0.3, 0.4) is 0 Å². The van der Waals surface area contributed by atoms with Gasteiger partial charge >= 0.3 is 0 Å². The van der Waals surface area contributed by atoms with Gasteiger partial charge in [0.15, 0.2) is 0 Å². The zero-order valence-electron chi connectivity index (χ0n) is 32.4. The van der Waals surface area contributed by atoms with Gasteiger partial charge < -0.3 is 80.5 Å². The molecule has 0 fully saturated rings. The molecule has 0 atom stereocenters. The second-order valence-electron chi connectivity index (χ2n) is 10.4. The van der Waals surface area contributed by atoms with Crippen molar-refractivity contribution in [3.05, 3.63) is 0 Å². The van der Waals surface area contributed by atoms with Crippen molar-refractivity contribution in [2.75, 3.05) is 225 Å². The van der Waals surface area contributed by atoms with Crippen LogP contribution in [-0.4, -0.2) is 225 Å². The maximum absolute atomic E-state index is 5.49. The van der Waals surface area contributed by atoms with Crippen molar-refractivity contribution in [1.82, 2.24) is 0 Å². The van der Waals surface area contributed by atoms with Gasteiger partial charge in [-0.25, -0.2) is 0 Å². The van der Waals surface area contributed by atoms with Gasteiger partial charge in [-0.1, -0.05) is 5.92 Å². The van der Waals surface area contributed by atoms with Crippen LogP contribution in [0.2, 0.25) is 0 Å². The summed E-state index contributed by atoms with van der Waals surface area (Å²) < 4.78 is 91.7. The highest BCUT2D eigenvalue weighted by Crippen LogP contribution is 1.88. The zero-order chi connectivity index (χ0) is 38.1. The summed E-state index contributed by atoms with van der Waals surface area (Å²) in [5, 5.41) is 0. The smallest absolute Gasteiger partial charge is 0.107 e. The van der Waals surface area contributed by atoms with Crippen LogP contribution in [-0.2, 0) is 80.5 Å². The molecule has 0 rings (SSSR count). The van der Waals surface area contributed by atoms with Gasteiger partial charge in [0.2, 0.25) is 0 Å². The Morgan fingerprint density at radius 3 is 0.491 bits per heavy atom. The van der Waals surface area contributed by atoms with E-state index < -0.39 is 0 Å². The van der Waals surface area contributed by atoms with Gasteiger partial charge in [0, 0.05) is 7.11 Å². The van der Waals surface area contributed by atoms with E-state index in [1.54, 1.807) is 7.11 Å². The minimum absolute atomic E-state index is 0.304. The predicted molar refractivity (Wildman–Crippen MR) is 194 cm³/mol. The first-order valence-electron chi connectivity index (χ1n) is 18.6. The monoisotopic (exact) mass is 774 g/mol. The average Bonchev–Trinajstić information content (AvgIpc) is 3.17. The molecule has 0 aliphatic rings. The lowest BCUT2D eigenvalue weighted by Gasteiger charge is -2.09. The van der Waals surface area contributed by atoms with Crippen molar-refractivity contribution >= 4 is 0 Å². The Bertz CT molecular complexity index is 689. The Morgan fingerprint density at radius 1 is 0.226 bits per heavy atom. The standard InChI is InChI=1S/C36H70O17/c1-3-4-38-7-8-40-11-12-42-15-16-44-19-20-46-23-24-48-27-28-50-31-32-52-35-36-53-34-33-51-30-29-49-26-25-47-22-21-45-18-17-43-14-13-41-10-9-39-6-5-37-2/h1H,4-36H2,2H3. The van der Waals surface area contributed by atoms with Gasteiger partial charge in [-0.2, -0.15) is 0 Å². The van der Waals surface area contributed by atoms with E-state index in [1.165, 1.54) is 0 Å². The van der Waals surface area contributed by atoms with Crippen molar-refractivity contribution < 1.29 is 80.5 Å². The van der Waals surface area contributed by atoms with E-state index in [0.717, 1.165) is 0 Å². The quantitative estimate of drug-likeness (QED) is 0.0623. The molecule has 17 nitrogen and oxygen atoms in total. The molecule has 0 aromatic rings. The van der Waals surface area contributed by atoms with E-state index >= 15 is 0 Å². The molecule has 0 N–H and O–H groups in total. The minimum atomic E-state index is 0.304. The maximum Gasteiger partial charge on any atom is 0.107 e. The summed E-state index contributed by atoms with van der Waals surface area (Å²) in [4.78, 5) is 0. The maximum atomic E-state index is 5.49. The number of hydrogen-bond donors (Lipinski definition) is 0. The molecule has 0 radical (unpaired) electrons. The summed E-state index contributed by atoms with van der Waals surface area (Å²) >= 11 is 0. The number of ether oxygens (including phenoxy) is 17. The van der Waals surface area contributed by atoms with Crippen LogP contribution in [0.5, 0.6) is 0 Å². The fraction of sp³-hybridized carbons (Fsp3) is 0.944. The van der Waals surface area contributed by atoms with Gasteiger partial charge in [-0.05, 0) is 0 Å². The predicted octanol–water partition coefficient (Wildman–Crippen LogP) is 0.532. The summed E-state index contributed by atoms with van der Waals surface area (Å²) in [6, 6.07) is 0. The molecule has 0 heterocycles. The summed E-state index contributed by atoms with van der Waals surface area (Å²) in [5.41, 5.74) is 0. The lowest BCUT2D eigenvalue weighted by Crippen LogP contribution is -2.16. The fourth-order valence-electron chi connectivity index (χ4n) is 3.57. The van der Waals surface area contributed by atoms with E-state index in [-0.39, 0.29) is 0 Å². The first-order valence-corrected chi connectivity index (χ1v) is 18.6. The molecular weight excluding hydrogens is 704 g/mol.